The minimum atomic E-state index is -0.515. The van der Waals surface area contributed by atoms with E-state index in [-0.39, 0.29) is 42.0 Å². The summed E-state index contributed by atoms with van der Waals surface area (Å²) >= 11 is 0. The number of piperidine rings is 1. The Kier molecular flexibility index (Phi) is 11.2. The second kappa shape index (κ2) is 17.0. The predicted molar refractivity (Wildman–Crippen MR) is 227 cm³/mol. The third-order valence-electron chi connectivity index (χ3n) is 12.7. The van der Waals surface area contributed by atoms with Crippen LogP contribution in [0.15, 0.2) is 67.0 Å². The molecular formula is C45H49FN10O5. The second-order valence-corrected chi connectivity index (χ2v) is 16.4. The lowest BCUT2D eigenvalue weighted by molar-refractivity contribution is -0.133. The van der Waals surface area contributed by atoms with Crippen LogP contribution in [-0.2, 0) is 22.7 Å². The van der Waals surface area contributed by atoms with Gasteiger partial charge in [0.2, 0.25) is 0 Å². The zero-order valence-corrected chi connectivity index (χ0v) is 34.2. The van der Waals surface area contributed by atoms with Crippen molar-refractivity contribution in [1.29, 1.82) is 0 Å². The van der Waals surface area contributed by atoms with Crippen molar-refractivity contribution < 1.29 is 28.3 Å². The molecule has 2 amide bonds. The van der Waals surface area contributed by atoms with Crippen LogP contribution in [0.3, 0.4) is 0 Å². The van der Waals surface area contributed by atoms with E-state index in [9.17, 15) is 23.6 Å². The van der Waals surface area contributed by atoms with Gasteiger partial charge in [-0.3, -0.25) is 24.1 Å². The predicted octanol–water partition coefficient (Wildman–Crippen LogP) is 4.26. The minimum absolute atomic E-state index is 0.0377. The number of nitrogens with two attached hydrogens (primary N) is 1. The number of methoxy groups -OCH3 is 1. The Morgan fingerprint density at radius 2 is 1.66 bits per heavy atom. The number of hydrogen-bond donors (Lipinski definition) is 2. The van der Waals surface area contributed by atoms with Gasteiger partial charge in [-0.1, -0.05) is 24.3 Å². The van der Waals surface area contributed by atoms with Crippen LogP contribution < -0.4 is 20.7 Å². The number of carbonyl (C=O) groups excluding carboxylic acids is 4. The highest BCUT2D eigenvalue weighted by Gasteiger charge is 2.39. The van der Waals surface area contributed by atoms with Crippen LogP contribution in [0.2, 0.25) is 0 Å². The Bertz CT molecular complexity index is 2490. The highest BCUT2D eigenvalue weighted by Crippen LogP contribution is 2.35. The van der Waals surface area contributed by atoms with E-state index >= 15 is 0 Å². The van der Waals surface area contributed by atoms with Crippen LogP contribution in [-0.4, -0.2) is 123 Å². The molecule has 9 rings (SSSR count). The van der Waals surface area contributed by atoms with Crippen LogP contribution in [0.4, 0.5) is 15.9 Å². The zero-order valence-electron chi connectivity index (χ0n) is 34.2. The molecule has 2 saturated heterocycles. The summed E-state index contributed by atoms with van der Waals surface area (Å²) in [7, 11) is 1.44. The quantitative estimate of drug-likeness (QED) is 0.182. The molecule has 4 aliphatic rings. The molecular weight excluding hydrogens is 780 g/mol. The monoisotopic (exact) mass is 828 g/mol. The molecule has 3 aliphatic heterocycles. The fourth-order valence-corrected chi connectivity index (χ4v) is 9.23. The summed E-state index contributed by atoms with van der Waals surface area (Å²) in [6.07, 6.45) is 4.03. The van der Waals surface area contributed by atoms with Crippen molar-refractivity contribution in [3.05, 3.63) is 95.1 Å². The van der Waals surface area contributed by atoms with Gasteiger partial charge in [-0.15, -0.1) is 0 Å². The largest absolute Gasteiger partial charge is 0.496 e. The second-order valence-electron chi connectivity index (χ2n) is 16.4. The number of fused-ring (bicyclic) bond motifs is 2. The summed E-state index contributed by atoms with van der Waals surface area (Å²) in [4.78, 5) is 68.3. The maximum absolute atomic E-state index is 13.8. The topological polar surface area (TPSA) is 172 Å². The molecule has 15 nitrogen and oxygen atoms in total. The smallest absolute Gasteiger partial charge is 0.255 e. The molecule has 1 atom stereocenters. The van der Waals surface area contributed by atoms with Gasteiger partial charge in [-0.05, 0) is 66.8 Å². The van der Waals surface area contributed by atoms with Crippen molar-refractivity contribution in [2.75, 3.05) is 70.1 Å². The van der Waals surface area contributed by atoms with Crippen molar-refractivity contribution in [3.63, 3.8) is 0 Å². The molecule has 2 aromatic heterocycles. The first kappa shape index (κ1) is 40.2. The molecule has 3 aromatic carbocycles. The maximum atomic E-state index is 13.8. The normalized spacial score (nSPS) is 19.2. The molecule has 1 saturated carbocycles. The van der Waals surface area contributed by atoms with E-state index in [1.165, 1.54) is 25.6 Å². The Hall–Kier alpha value is -6.26. The van der Waals surface area contributed by atoms with Gasteiger partial charge >= 0.3 is 0 Å². The number of nitrogen functional groups attached to an aromatic ring is 1. The molecule has 316 valence electrons. The van der Waals surface area contributed by atoms with Gasteiger partial charge in [0.15, 0.2) is 11.4 Å². The average molecular weight is 829 g/mol. The van der Waals surface area contributed by atoms with Crippen LogP contribution in [0.25, 0.3) is 22.3 Å². The number of aromatic nitrogens is 4. The number of ether oxygens (including phenoxy) is 1. The van der Waals surface area contributed by atoms with Gasteiger partial charge in [-0.25, -0.2) is 19.0 Å². The summed E-state index contributed by atoms with van der Waals surface area (Å²) in [5, 5.41) is 8.64. The number of ketones is 2. The van der Waals surface area contributed by atoms with Gasteiger partial charge in [0.1, 0.15) is 35.2 Å². The van der Waals surface area contributed by atoms with E-state index in [2.05, 4.69) is 36.1 Å². The summed E-state index contributed by atoms with van der Waals surface area (Å²) in [5.41, 5.74) is 12.4. The van der Waals surface area contributed by atoms with Crippen molar-refractivity contribution >= 4 is 45.9 Å². The molecule has 3 fully saturated rings. The minimum Gasteiger partial charge on any atom is -0.496 e. The number of carbonyl (C=O) groups is 4. The molecule has 0 radical (unpaired) electrons. The molecule has 1 aliphatic carbocycles. The number of amides is 2. The Morgan fingerprint density at radius 3 is 2.39 bits per heavy atom. The Morgan fingerprint density at radius 1 is 0.902 bits per heavy atom. The number of Topliss-reactive ketones (excluding diaryl/α,β-unsaturated/α-hetero) is 2. The van der Waals surface area contributed by atoms with E-state index in [4.69, 9.17) is 15.6 Å². The van der Waals surface area contributed by atoms with Crippen molar-refractivity contribution in [2.24, 2.45) is 0 Å². The lowest BCUT2D eigenvalue weighted by atomic mass is 9.92. The molecule has 5 heterocycles. The van der Waals surface area contributed by atoms with E-state index in [1.807, 2.05) is 41.1 Å². The molecule has 3 N–H and O–H groups in total. The average Bonchev–Trinajstić information content (AvgIpc) is 3.83. The lowest BCUT2D eigenvalue weighted by Crippen LogP contribution is -2.49. The summed E-state index contributed by atoms with van der Waals surface area (Å²) in [5.74, 6) is -0.572. The molecule has 0 bridgehead atoms. The van der Waals surface area contributed by atoms with Crippen LogP contribution in [0, 0.1) is 5.82 Å². The number of benzene rings is 3. The van der Waals surface area contributed by atoms with Gasteiger partial charge in [0.05, 0.1) is 36.6 Å². The lowest BCUT2D eigenvalue weighted by Gasteiger charge is -2.38. The number of nitrogens with zero attached hydrogens (tertiary/aromatic N) is 8. The highest BCUT2D eigenvalue weighted by atomic mass is 19.1. The standard InChI is InChI=1S/C45H49FN10O5/c1-61-39-11-6-31(46)23-36(39)44(59)48-25-28-2-4-29(5-3-28)41-40-42(47)49-27-50-43(40)56(51-41)32-12-14-52(15-13-32)16-17-53-18-20-54(21-19-53)33-7-9-35-30(22-33)26-55(45(35)60)37-10-8-34(57)24-38(37)58/h2-7,9,11,22-23,27,32,37H,8,10,12-21,24-26H2,1H3,(H,48,59)(H2,47,49,50)/t37-/m0/s1. The number of hydrogen-bond acceptors (Lipinski definition) is 12. The van der Waals surface area contributed by atoms with Gasteiger partial charge in [-0.2, -0.15) is 5.10 Å². The van der Waals surface area contributed by atoms with Gasteiger partial charge in [0, 0.05) is 88.7 Å². The van der Waals surface area contributed by atoms with Crippen molar-refractivity contribution in [3.8, 4) is 17.0 Å². The number of likely N-dealkylation sites (tertiary alicyclic amines) is 1. The highest BCUT2D eigenvalue weighted by molar-refractivity contribution is 6.07. The fourth-order valence-electron chi connectivity index (χ4n) is 9.23. The molecule has 0 unspecified atom stereocenters. The number of rotatable bonds is 11. The summed E-state index contributed by atoms with van der Waals surface area (Å²) in [6, 6.07) is 17.2. The van der Waals surface area contributed by atoms with Crippen LogP contribution >= 0.6 is 0 Å². The maximum Gasteiger partial charge on any atom is 0.255 e. The van der Waals surface area contributed by atoms with Crippen LogP contribution in [0.1, 0.15) is 70.0 Å². The van der Waals surface area contributed by atoms with E-state index < -0.39 is 17.8 Å². The number of piperazine rings is 1. The summed E-state index contributed by atoms with van der Waals surface area (Å²) < 4.78 is 21.1. The van der Waals surface area contributed by atoms with E-state index in [0.717, 1.165) is 93.6 Å². The first-order valence-corrected chi connectivity index (χ1v) is 21.0. The first-order valence-electron chi connectivity index (χ1n) is 21.0. The van der Waals surface area contributed by atoms with Gasteiger partial charge < -0.3 is 30.5 Å². The number of nitrogens with one attached hydrogen (secondary N) is 1. The third kappa shape index (κ3) is 8.16. The molecule has 0 spiro atoms. The molecule has 5 aromatic rings. The van der Waals surface area contributed by atoms with E-state index in [0.29, 0.717) is 53.2 Å². The third-order valence-corrected chi connectivity index (χ3v) is 12.7. The van der Waals surface area contributed by atoms with Crippen molar-refractivity contribution in [2.45, 2.75) is 57.3 Å². The number of anilines is 2. The first-order chi connectivity index (χ1) is 29.6. The van der Waals surface area contributed by atoms with Gasteiger partial charge in [0.25, 0.3) is 11.8 Å². The Balaban J connectivity index is 0.768. The fraction of sp³-hybridized carbons (Fsp3) is 0.400. The summed E-state index contributed by atoms with van der Waals surface area (Å²) in [6.45, 7) is 8.20. The SMILES string of the molecule is COc1ccc(F)cc1C(=O)NCc1ccc(-c2nn(C3CCN(CCN4CCN(c5ccc6c(c5)CN([C@H]5CCC(=O)CC5=O)C6=O)CC4)CC3)c3ncnc(N)c23)cc1. The number of halogens is 1. The Labute approximate surface area is 352 Å². The molecule has 16 heteroatoms. The van der Waals surface area contributed by atoms with Crippen molar-refractivity contribution in [1.82, 2.24) is 39.8 Å². The zero-order chi connectivity index (χ0) is 42.2. The van der Waals surface area contributed by atoms with Crippen LogP contribution in [0.5, 0.6) is 5.75 Å². The van der Waals surface area contributed by atoms with E-state index in [1.54, 1.807) is 4.90 Å². The molecule has 61 heavy (non-hydrogen) atoms.